The van der Waals surface area contributed by atoms with Crippen LogP contribution in [-0.2, 0) is 0 Å². The van der Waals surface area contributed by atoms with E-state index in [1.807, 2.05) is 24.3 Å². The second-order valence-electron chi connectivity index (χ2n) is 6.86. The zero-order valence-electron chi connectivity index (χ0n) is 15.4. The van der Waals surface area contributed by atoms with Gasteiger partial charge in [-0.3, -0.25) is 10.2 Å². The molecule has 8 heteroatoms. The van der Waals surface area contributed by atoms with Gasteiger partial charge >= 0.3 is 0 Å². The van der Waals surface area contributed by atoms with Gasteiger partial charge in [0.15, 0.2) is 5.84 Å². The standard InChI is InChI=1S/C22H13Cl2N5O/c23-15-6-8-16(18(24)10-15)20-27-22-26-19-9-14(13-3-1-12(11-25)2-4-13)5-7-17(19)21(30)29(22)28-20/h1-10,22,26H,(H,27,28). The molecular weight excluding hydrogens is 421 g/mol. The summed E-state index contributed by atoms with van der Waals surface area (Å²) in [6.07, 6.45) is -0.594. The number of nitrogens with one attached hydrogen (secondary N) is 2. The van der Waals surface area contributed by atoms with Gasteiger partial charge in [0, 0.05) is 10.6 Å². The Bertz CT molecular complexity index is 1260. The second kappa shape index (κ2) is 7.06. The van der Waals surface area contributed by atoms with Crippen molar-refractivity contribution >= 4 is 40.6 Å². The van der Waals surface area contributed by atoms with Gasteiger partial charge < -0.3 is 5.32 Å². The van der Waals surface area contributed by atoms with Crippen molar-refractivity contribution in [2.75, 3.05) is 5.32 Å². The van der Waals surface area contributed by atoms with Gasteiger partial charge in [-0.1, -0.05) is 41.4 Å². The average molecular weight is 434 g/mol. The first-order valence-corrected chi connectivity index (χ1v) is 9.83. The molecule has 0 aromatic heterocycles. The number of hydrazine groups is 1. The minimum absolute atomic E-state index is 0.191. The molecule has 6 nitrogen and oxygen atoms in total. The summed E-state index contributed by atoms with van der Waals surface area (Å²) in [4.78, 5) is 17.6. The Balaban J connectivity index is 1.47. The Kier molecular flexibility index (Phi) is 4.35. The molecular formula is C22H13Cl2N5O. The molecule has 1 amide bonds. The summed E-state index contributed by atoms with van der Waals surface area (Å²) in [7, 11) is 0. The number of aliphatic imine (C=N–C) groups is 1. The fourth-order valence-corrected chi connectivity index (χ4v) is 3.99. The minimum Gasteiger partial charge on any atom is -0.345 e. The van der Waals surface area contributed by atoms with Gasteiger partial charge in [0.05, 0.1) is 27.9 Å². The molecule has 1 atom stereocenters. The molecule has 0 aliphatic carbocycles. The average Bonchev–Trinajstić information content (AvgIpc) is 3.17. The molecule has 5 rings (SSSR count). The van der Waals surface area contributed by atoms with E-state index in [1.165, 1.54) is 5.01 Å². The number of hydrogen-bond acceptors (Lipinski definition) is 5. The molecule has 0 radical (unpaired) electrons. The van der Waals surface area contributed by atoms with Crippen molar-refractivity contribution in [3.63, 3.8) is 0 Å². The van der Waals surface area contributed by atoms with Gasteiger partial charge in [0.1, 0.15) is 0 Å². The van der Waals surface area contributed by atoms with Crippen LogP contribution in [0.1, 0.15) is 21.5 Å². The number of hydrogen-bond donors (Lipinski definition) is 2. The number of amides is 1. The number of fused-ring (bicyclic) bond motifs is 2. The highest BCUT2D eigenvalue weighted by molar-refractivity contribution is 6.37. The monoisotopic (exact) mass is 433 g/mol. The first kappa shape index (κ1) is 18.5. The van der Waals surface area contributed by atoms with Crippen molar-refractivity contribution in [1.29, 1.82) is 5.26 Å². The van der Waals surface area contributed by atoms with Crippen LogP contribution in [0.15, 0.2) is 65.7 Å². The van der Waals surface area contributed by atoms with Crippen LogP contribution >= 0.6 is 23.2 Å². The number of carbonyl (C=O) groups excluding carboxylic acids is 1. The maximum absolute atomic E-state index is 13.0. The molecule has 30 heavy (non-hydrogen) atoms. The van der Waals surface area contributed by atoms with Gasteiger partial charge in [-0.25, -0.2) is 10.0 Å². The van der Waals surface area contributed by atoms with E-state index < -0.39 is 6.29 Å². The van der Waals surface area contributed by atoms with Gasteiger partial charge in [0.25, 0.3) is 5.91 Å². The highest BCUT2D eigenvalue weighted by Crippen LogP contribution is 2.32. The highest BCUT2D eigenvalue weighted by atomic mass is 35.5. The van der Waals surface area contributed by atoms with E-state index in [1.54, 1.807) is 36.4 Å². The maximum atomic E-state index is 13.0. The van der Waals surface area contributed by atoms with Gasteiger partial charge in [-0.05, 0) is 53.6 Å². The quantitative estimate of drug-likeness (QED) is 0.616. The van der Waals surface area contributed by atoms with Crippen molar-refractivity contribution in [1.82, 2.24) is 10.4 Å². The smallest absolute Gasteiger partial charge is 0.277 e. The second-order valence-corrected chi connectivity index (χ2v) is 7.70. The van der Waals surface area contributed by atoms with Crippen LogP contribution in [-0.4, -0.2) is 23.0 Å². The van der Waals surface area contributed by atoms with Gasteiger partial charge in [-0.15, -0.1) is 0 Å². The topological polar surface area (TPSA) is 80.5 Å². The first-order chi connectivity index (χ1) is 14.5. The summed E-state index contributed by atoms with van der Waals surface area (Å²) in [5, 5.41) is 14.7. The summed E-state index contributed by atoms with van der Waals surface area (Å²) in [5.74, 6) is 0.298. The molecule has 0 saturated heterocycles. The summed E-state index contributed by atoms with van der Waals surface area (Å²) in [6.45, 7) is 0. The van der Waals surface area contributed by atoms with Gasteiger partial charge in [-0.2, -0.15) is 5.26 Å². The third-order valence-electron chi connectivity index (χ3n) is 5.01. The number of anilines is 1. The molecule has 0 fully saturated rings. The Morgan fingerprint density at radius 1 is 0.967 bits per heavy atom. The predicted octanol–water partition coefficient (Wildman–Crippen LogP) is 4.65. The summed E-state index contributed by atoms with van der Waals surface area (Å²) in [6, 6.07) is 20.1. The number of nitriles is 1. The SMILES string of the molecule is N#Cc1ccc(-c2ccc3c(c2)NC2N=C(c4ccc(Cl)cc4Cl)NN2C3=O)cc1. The molecule has 3 aromatic rings. The molecule has 2 heterocycles. The minimum atomic E-state index is -0.594. The lowest BCUT2D eigenvalue weighted by atomic mass is 10.00. The molecule has 3 aromatic carbocycles. The number of halogens is 2. The van der Waals surface area contributed by atoms with E-state index in [4.69, 9.17) is 28.5 Å². The third-order valence-corrected chi connectivity index (χ3v) is 5.56. The van der Waals surface area contributed by atoms with Crippen LogP contribution in [0.5, 0.6) is 0 Å². The lowest BCUT2D eigenvalue weighted by Crippen LogP contribution is -2.51. The van der Waals surface area contributed by atoms with Crippen molar-refractivity contribution < 1.29 is 4.79 Å². The Morgan fingerprint density at radius 3 is 2.43 bits per heavy atom. The fourth-order valence-electron chi connectivity index (χ4n) is 3.49. The van der Waals surface area contributed by atoms with E-state index in [9.17, 15) is 4.79 Å². The van der Waals surface area contributed by atoms with E-state index >= 15 is 0 Å². The Labute approximate surface area is 182 Å². The van der Waals surface area contributed by atoms with E-state index in [-0.39, 0.29) is 5.91 Å². The molecule has 2 N–H and O–H groups in total. The molecule has 0 bridgehead atoms. The van der Waals surface area contributed by atoms with Crippen molar-refractivity contribution in [3.8, 4) is 17.2 Å². The first-order valence-electron chi connectivity index (χ1n) is 9.08. The van der Waals surface area contributed by atoms with Crippen LogP contribution < -0.4 is 10.7 Å². The lowest BCUT2D eigenvalue weighted by molar-refractivity contribution is 0.0664. The predicted molar refractivity (Wildman–Crippen MR) is 116 cm³/mol. The number of benzene rings is 3. The number of carbonyl (C=O) groups is 1. The van der Waals surface area contributed by atoms with Crippen LogP contribution in [0.2, 0.25) is 10.0 Å². The lowest BCUT2D eigenvalue weighted by Gasteiger charge is -2.30. The number of nitrogens with zero attached hydrogens (tertiary/aromatic N) is 3. The van der Waals surface area contributed by atoms with Crippen LogP contribution in [0.4, 0.5) is 5.69 Å². The largest absolute Gasteiger partial charge is 0.345 e. The zero-order chi connectivity index (χ0) is 20.8. The van der Waals surface area contributed by atoms with Crippen molar-refractivity contribution in [3.05, 3.63) is 87.4 Å². The molecule has 0 spiro atoms. The molecule has 146 valence electrons. The maximum Gasteiger partial charge on any atom is 0.277 e. The van der Waals surface area contributed by atoms with E-state index in [0.717, 1.165) is 11.1 Å². The molecule has 2 aliphatic rings. The summed E-state index contributed by atoms with van der Waals surface area (Å²) < 4.78 is 0. The van der Waals surface area contributed by atoms with Crippen molar-refractivity contribution in [2.24, 2.45) is 4.99 Å². The van der Waals surface area contributed by atoms with Crippen LogP contribution in [0.25, 0.3) is 11.1 Å². The third kappa shape index (κ3) is 3.05. The van der Waals surface area contributed by atoms with Gasteiger partial charge in [0.2, 0.25) is 6.29 Å². The Morgan fingerprint density at radius 2 is 1.70 bits per heavy atom. The zero-order valence-corrected chi connectivity index (χ0v) is 16.9. The van der Waals surface area contributed by atoms with E-state index in [2.05, 4.69) is 21.8 Å². The van der Waals surface area contributed by atoms with Crippen molar-refractivity contribution in [2.45, 2.75) is 6.29 Å². The normalized spacial score (nSPS) is 16.7. The number of rotatable bonds is 2. The van der Waals surface area contributed by atoms with Crippen LogP contribution in [0.3, 0.4) is 0 Å². The Hall–Kier alpha value is -3.53. The van der Waals surface area contributed by atoms with E-state index in [0.29, 0.717) is 38.3 Å². The molecule has 1 unspecified atom stereocenters. The molecule has 0 saturated carbocycles. The fraction of sp³-hybridized carbons (Fsp3) is 0.0455. The number of amidine groups is 1. The van der Waals surface area contributed by atoms with Crippen LogP contribution in [0, 0.1) is 11.3 Å². The molecule has 2 aliphatic heterocycles. The summed E-state index contributed by atoms with van der Waals surface area (Å²) >= 11 is 12.3. The summed E-state index contributed by atoms with van der Waals surface area (Å²) in [5.41, 5.74) is 7.41. The highest BCUT2D eigenvalue weighted by Gasteiger charge is 2.37.